The molecule has 5 heteroatoms. The van der Waals surface area contributed by atoms with E-state index < -0.39 is 0 Å². The number of piperazine rings is 1. The summed E-state index contributed by atoms with van der Waals surface area (Å²) in [5.74, 6) is 1.32. The molecular weight excluding hydrogens is 288 g/mol. The van der Waals surface area contributed by atoms with Crippen molar-refractivity contribution in [2.45, 2.75) is 32.7 Å². The molecule has 118 valence electrons. The maximum Gasteiger partial charge on any atom is 0.260 e. The maximum absolute atomic E-state index is 12.1. The molecule has 1 fully saturated rings. The first kappa shape index (κ1) is 17.8. The second-order valence-corrected chi connectivity index (χ2v) is 5.65. The molecule has 21 heavy (non-hydrogen) atoms. The van der Waals surface area contributed by atoms with Crippen LogP contribution >= 0.6 is 12.4 Å². The summed E-state index contributed by atoms with van der Waals surface area (Å²) in [5, 5.41) is 3.28. The minimum atomic E-state index is 0. The molecule has 1 atom stereocenters. The Balaban J connectivity index is 0.00000220. The SMILES string of the molecule is CC(C)c1ccc(OCC(=O)N2CCNCC2C)cc1.Cl. The van der Waals surface area contributed by atoms with Gasteiger partial charge in [0, 0.05) is 25.7 Å². The number of carbonyl (C=O) groups excluding carboxylic acids is 1. The fourth-order valence-electron chi connectivity index (χ4n) is 2.39. The van der Waals surface area contributed by atoms with Crippen LogP contribution in [0.1, 0.15) is 32.3 Å². The van der Waals surface area contributed by atoms with Crippen molar-refractivity contribution in [2.75, 3.05) is 26.2 Å². The molecule has 4 nitrogen and oxygen atoms in total. The Bertz CT molecular complexity index is 448. The summed E-state index contributed by atoms with van der Waals surface area (Å²) in [7, 11) is 0. The number of ether oxygens (including phenoxy) is 1. The Kier molecular flexibility index (Phi) is 6.99. The number of carbonyl (C=O) groups is 1. The van der Waals surface area contributed by atoms with Gasteiger partial charge in [-0.25, -0.2) is 0 Å². The number of nitrogens with zero attached hydrogens (tertiary/aromatic N) is 1. The average Bonchev–Trinajstić information content (AvgIpc) is 2.45. The van der Waals surface area contributed by atoms with E-state index >= 15 is 0 Å². The molecule has 0 bridgehead atoms. The minimum absolute atomic E-state index is 0. The highest BCUT2D eigenvalue weighted by Gasteiger charge is 2.22. The van der Waals surface area contributed by atoms with E-state index in [0.29, 0.717) is 5.92 Å². The molecule has 1 aromatic rings. The van der Waals surface area contributed by atoms with Crippen LogP contribution in [0.25, 0.3) is 0 Å². The van der Waals surface area contributed by atoms with E-state index in [0.717, 1.165) is 25.4 Å². The van der Waals surface area contributed by atoms with Gasteiger partial charge < -0.3 is 15.0 Å². The van der Waals surface area contributed by atoms with Gasteiger partial charge >= 0.3 is 0 Å². The number of benzene rings is 1. The molecule has 0 saturated carbocycles. The van der Waals surface area contributed by atoms with Gasteiger partial charge in [-0.2, -0.15) is 0 Å². The van der Waals surface area contributed by atoms with Gasteiger partial charge in [-0.15, -0.1) is 12.4 Å². The number of halogens is 1. The predicted octanol–water partition coefficient (Wildman–Crippen LogP) is 2.43. The van der Waals surface area contributed by atoms with Gasteiger partial charge in [-0.05, 0) is 30.5 Å². The lowest BCUT2D eigenvalue weighted by molar-refractivity contribution is -0.136. The smallest absolute Gasteiger partial charge is 0.260 e. The highest BCUT2D eigenvalue weighted by atomic mass is 35.5. The van der Waals surface area contributed by atoms with Crippen molar-refractivity contribution in [1.82, 2.24) is 10.2 Å². The molecule has 1 aromatic carbocycles. The third-order valence-electron chi connectivity index (χ3n) is 3.73. The third-order valence-corrected chi connectivity index (χ3v) is 3.73. The molecule has 0 spiro atoms. The number of nitrogens with one attached hydrogen (secondary N) is 1. The summed E-state index contributed by atoms with van der Waals surface area (Å²) < 4.78 is 5.59. The molecular formula is C16H25ClN2O2. The van der Waals surface area contributed by atoms with Crippen molar-refractivity contribution in [3.05, 3.63) is 29.8 Å². The van der Waals surface area contributed by atoms with E-state index in [9.17, 15) is 4.79 Å². The van der Waals surface area contributed by atoms with Crippen molar-refractivity contribution in [2.24, 2.45) is 0 Å². The first-order chi connectivity index (χ1) is 9.58. The molecule has 0 radical (unpaired) electrons. The van der Waals surface area contributed by atoms with Crippen molar-refractivity contribution in [3.8, 4) is 5.75 Å². The first-order valence-corrected chi connectivity index (χ1v) is 7.31. The zero-order chi connectivity index (χ0) is 14.5. The van der Waals surface area contributed by atoms with Crippen LogP contribution in [0.15, 0.2) is 24.3 Å². The van der Waals surface area contributed by atoms with Gasteiger partial charge in [0.2, 0.25) is 0 Å². The Labute approximate surface area is 133 Å². The first-order valence-electron chi connectivity index (χ1n) is 7.31. The second kappa shape index (κ2) is 8.25. The molecule has 2 rings (SSSR count). The van der Waals surface area contributed by atoms with Crippen LogP contribution in [-0.2, 0) is 4.79 Å². The van der Waals surface area contributed by atoms with Gasteiger partial charge in [-0.1, -0.05) is 26.0 Å². The van der Waals surface area contributed by atoms with E-state index in [1.165, 1.54) is 5.56 Å². The summed E-state index contributed by atoms with van der Waals surface area (Å²) in [5.41, 5.74) is 1.28. The molecule has 1 saturated heterocycles. The van der Waals surface area contributed by atoms with Crippen LogP contribution in [0.5, 0.6) is 5.75 Å². The number of amides is 1. The summed E-state index contributed by atoms with van der Waals surface area (Å²) in [6.07, 6.45) is 0. The van der Waals surface area contributed by atoms with Crippen LogP contribution in [0.3, 0.4) is 0 Å². The van der Waals surface area contributed by atoms with Crippen LogP contribution in [-0.4, -0.2) is 43.1 Å². The van der Waals surface area contributed by atoms with Gasteiger partial charge in [-0.3, -0.25) is 4.79 Å². The van der Waals surface area contributed by atoms with Gasteiger partial charge in [0.05, 0.1) is 0 Å². The number of hydrogen-bond donors (Lipinski definition) is 1. The van der Waals surface area contributed by atoms with E-state index in [2.05, 4.69) is 38.2 Å². The van der Waals surface area contributed by atoms with Crippen LogP contribution < -0.4 is 10.1 Å². The van der Waals surface area contributed by atoms with Crippen LogP contribution in [0.4, 0.5) is 0 Å². The van der Waals surface area contributed by atoms with E-state index in [4.69, 9.17) is 4.74 Å². The predicted molar refractivity (Wildman–Crippen MR) is 87.3 cm³/mol. The lowest BCUT2D eigenvalue weighted by atomic mass is 10.0. The van der Waals surface area contributed by atoms with Crippen molar-refractivity contribution >= 4 is 18.3 Å². The maximum atomic E-state index is 12.1. The minimum Gasteiger partial charge on any atom is -0.484 e. The molecule has 1 heterocycles. The van der Waals surface area contributed by atoms with Gasteiger partial charge in [0.1, 0.15) is 5.75 Å². The van der Waals surface area contributed by atoms with Crippen LogP contribution in [0.2, 0.25) is 0 Å². The summed E-state index contributed by atoms with van der Waals surface area (Å²) in [6, 6.07) is 8.21. The summed E-state index contributed by atoms with van der Waals surface area (Å²) >= 11 is 0. The zero-order valence-electron chi connectivity index (χ0n) is 13.0. The zero-order valence-corrected chi connectivity index (χ0v) is 13.8. The standard InChI is InChI=1S/C16H24N2O2.ClH/c1-12(2)14-4-6-15(7-5-14)20-11-16(19)18-9-8-17-10-13(18)3;/h4-7,12-13,17H,8-11H2,1-3H3;1H. The molecule has 1 aliphatic heterocycles. The van der Waals surface area contributed by atoms with Crippen molar-refractivity contribution < 1.29 is 9.53 Å². The Morgan fingerprint density at radius 2 is 2.05 bits per heavy atom. The molecule has 1 unspecified atom stereocenters. The normalized spacial score (nSPS) is 18.3. The number of rotatable bonds is 4. The van der Waals surface area contributed by atoms with Gasteiger partial charge in [0.15, 0.2) is 6.61 Å². The summed E-state index contributed by atoms with van der Waals surface area (Å²) in [4.78, 5) is 14.0. The fourth-order valence-corrected chi connectivity index (χ4v) is 2.39. The highest BCUT2D eigenvalue weighted by molar-refractivity contribution is 5.85. The Morgan fingerprint density at radius 1 is 1.38 bits per heavy atom. The molecule has 0 aromatic heterocycles. The van der Waals surface area contributed by atoms with E-state index in [1.807, 2.05) is 17.0 Å². The molecule has 1 aliphatic rings. The van der Waals surface area contributed by atoms with E-state index in [-0.39, 0.29) is 31.0 Å². The topological polar surface area (TPSA) is 41.6 Å². The lowest BCUT2D eigenvalue weighted by Gasteiger charge is -2.33. The third kappa shape index (κ3) is 4.90. The quantitative estimate of drug-likeness (QED) is 0.928. The highest BCUT2D eigenvalue weighted by Crippen LogP contribution is 2.18. The van der Waals surface area contributed by atoms with Crippen molar-refractivity contribution in [3.63, 3.8) is 0 Å². The van der Waals surface area contributed by atoms with E-state index in [1.54, 1.807) is 0 Å². The molecule has 1 N–H and O–H groups in total. The monoisotopic (exact) mass is 312 g/mol. The lowest BCUT2D eigenvalue weighted by Crippen LogP contribution is -2.53. The largest absolute Gasteiger partial charge is 0.484 e. The fraction of sp³-hybridized carbons (Fsp3) is 0.562. The van der Waals surface area contributed by atoms with Crippen molar-refractivity contribution in [1.29, 1.82) is 0 Å². The second-order valence-electron chi connectivity index (χ2n) is 5.65. The Morgan fingerprint density at radius 3 is 2.62 bits per heavy atom. The Hall–Kier alpha value is -1.26. The van der Waals surface area contributed by atoms with Gasteiger partial charge in [0.25, 0.3) is 5.91 Å². The number of hydrogen-bond acceptors (Lipinski definition) is 3. The summed E-state index contributed by atoms with van der Waals surface area (Å²) in [6.45, 7) is 8.97. The molecule has 1 amide bonds. The van der Waals surface area contributed by atoms with Crippen LogP contribution in [0, 0.1) is 0 Å². The molecule has 0 aliphatic carbocycles. The average molecular weight is 313 g/mol.